The molecule has 0 unspecified atom stereocenters. The Hall–Kier alpha value is -2.71. The van der Waals surface area contributed by atoms with E-state index < -0.39 is 14.9 Å². The number of rotatable bonds is 12. The van der Waals surface area contributed by atoms with Gasteiger partial charge in [0.15, 0.2) is 0 Å². The molecule has 6 nitrogen and oxygen atoms in total. The van der Waals surface area contributed by atoms with E-state index in [1.807, 2.05) is 26.8 Å². The molecular formula is C27H33NO5Si. The standard InChI is InChI=1S/C27H33NO5Si/c1-4-31-34(32-5-2,33-6-3)18-8-17-28-27(29)30-19-23-14-13-22-12-11-20-9-7-10-21-15-16-24(23)26(22)25(20)21/h7,9-16H,4-6,8,17-19H2,1-3H3,(H,28,29). The third-order valence-corrected chi connectivity index (χ3v) is 9.15. The lowest BCUT2D eigenvalue weighted by atomic mass is 9.92. The van der Waals surface area contributed by atoms with Crippen LogP contribution >= 0.6 is 0 Å². The molecule has 1 amide bonds. The van der Waals surface area contributed by atoms with Gasteiger partial charge in [-0.1, -0.05) is 54.6 Å². The second kappa shape index (κ2) is 11.1. The van der Waals surface area contributed by atoms with Crippen LogP contribution < -0.4 is 5.32 Å². The van der Waals surface area contributed by atoms with Gasteiger partial charge in [-0.15, -0.1) is 0 Å². The van der Waals surface area contributed by atoms with E-state index in [4.69, 9.17) is 18.0 Å². The first-order chi connectivity index (χ1) is 16.6. The van der Waals surface area contributed by atoms with Gasteiger partial charge in [-0.2, -0.15) is 0 Å². The van der Waals surface area contributed by atoms with E-state index in [1.54, 1.807) is 0 Å². The highest BCUT2D eigenvalue weighted by atomic mass is 28.4. The van der Waals surface area contributed by atoms with E-state index in [-0.39, 0.29) is 6.61 Å². The fraction of sp³-hybridized carbons (Fsp3) is 0.370. The monoisotopic (exact) mass is 479 g/mol. The summed E-state index contributed by atoms with van der Waals surface area (Å²) in [6.45, 7) is 8.13. The summed E-state index contributed by atoms with van der Waals surface area (Å²) in [7, 11) is -2.69. The molecule has 4 aromatic carbocycles. The molecule has 0 aromatic heterocycles. The smallest absolute Gasteiger partial charge is 0.445 e. The van der Waals surface area contributed by atoms with Crippen LogP contribution in [0.5, 0.6) is 0 Å². The van der Waals surface area contributed by atoms with Crippen LogP contribution in [0.2, 0.25) is 6.04 Å². The van der Waals surface area contributed by atoms with Gasteiger partial charge in [0.25, 0.3) is 0 Å². The molecule has 0 heterocycles. The van der Waals surface area contributed by atoms with Crippen molar-refractivity contribution in [3.8, 4) is 0 Å². The van der Waals surface area contributed by atoms with Crippen LogP contribution in [0.25, 0.3) is 32.3 Å². The second-order valence-electron chi connectivity index (χ2n) is 8.17. The first-order valence-corrected chi connectivity index (χ1v) is 14.0. The number of ether oxygens (including phenoxy) is 1. The van der Waals surface area contributed by atoms with E-state index >= 15 is 0 Å². The molecule has 0 bridgehead atoms. The highest BCUT2D eigenvalue weighted by Gasteiger charge is 2.39. The van der Waals surface area contributed by atoms with Crippen LogP contribution in [0, 0.1) is 0 Å². The number of alkyl carbamates (subject to hydrolysis) is 1. The van der Waals surface area contributed by atoms with Crippen molar-refractivity contribution in [2.45, 2.75) is 39.8 Å². The van der Waals surface area contributed by atoms with E-state index in [9.17, 15) is 4.79 Å². The Morgan fingerprint density at radius 1 is 0.794 bits per heavy atom. The Bertz CT molecular complexity index is 1210. The molecule has 7 heteroatoms. The molecule has 34 heavy (non-hydrogen) atoms. The van der Waals surface area contributed by atoms with Crippen LogP contribution in [0.4, 0.5) is 4.79 Å². The Morgan fingerprint density at radius 3 is 2.03 bits per heavy atom. The lowest BCUT2D eigenvalue weighted by molar-refractivity contribution is 0.0706. The number of carbonyl (C=O) groups is 1. The molecular weight excluding hydrogens is 446 g/mol. The zero-order valence-corrected chi connectivity index (χ0v) is 21.2. The van der Waals surface area contributed by atoms with E-state index in [0.29, 0.717) is 38.8 Å². The Morgan fingerprint density at radius 2 is 1.38 bits per heavy atom. The molecule has 4 rings (SSSR count). The Labute approximate surface area is 201 Å². The maximum atomic E-state index is 12.4. The molecule has 0 spiro atoms. The highest BCUT2D eigenvalue weighted by Crippen LogP contribution is 2.36. The summed E-state index contributed by atoms with van der Waals surface area (Å²) in [5.74, 6) is 0. The summed E-state index contributed by atoms with van der Waals surface area (Å²) in [6.07, 6.45) is 0.266. The zero-order valence-electron chi connectivity index (χ0n) is 20.2. The third-order valence-electron chi connectivity index (χ3n) is 6.00. The van der Waals surface area contributed by atoms with Crippen LogP contribution in [0.15, 0.2) is 54.6 Å². The minimum Gasteiger partial charge on any atom is -0.445 e. The molecule has 0 atom stereocenters. The molecule has 0 aliphatic carbocycles. The van der Waals surface area contributed by atoms with Crippen molar-refractivity contribution in [1.82, 2.24) is 5.32 Å². The molecule has 0 saturated heterocycles. The van der Waals surface area contributed by atoms with Crippen LogP contribution in [0.3, 0.4) is 0 Å². The first kappa shape index (κ1) is 24.4. The van der Waals surface area contributed by atoms with Crippen LogP contribution in [-0.4, -0.2) is 41.3 Å². The van der Waals surface area contributed by atoms with Gasteiger partial charge < -0.3 is 23.3 Å². The quantitative estimate of drug-likeness (QED) is 0.148. The van der Waals surface area contributed by atoms with Gasteiger partial charge in [-0.05, 0) is 65.1 Å². The molecule has 0 radical (unpaired) electrons. The minimum absolute atomic E-state index is 0.218. The number of carbonyl (C=O) groups excluding carboxylic acids is 1. The van der Waals surface area contributed by atoms with Crippen molar-refractivity contribution in [2.24, 2.45) is 0 Å². The largest absolute Gasteiger partial charge is 0.500 e. The van der Waals surface area contributed by atoms with Gasteiger partial charge in [0, 0.05) is 32.4 Å². The maximum Gasteiger partial charge on any atom is 0.500 e. The van der Waals surface area contributed by atoms with Crippen molar-refractivity contribution >= 4 is 47.2 Å². The van der Waals surface area contributed by atoms with Crippen LogP contribution in [0.1, 0.15) is 32.8 Å². The Kier molecular flexibility index (Phi) is 8.00. The van der Waals surface area contributed by atoms with Crippen molar-refractivity contribution in [3.05, 3.63) is 60.2 Å². The summed E-state index contributed by atoms with van der Waals surface area (Å²) in [4.78, 5) is 12.4. The van der Waals surface area contributed by atoms with Gasteiger partial charge in [-0.25, -0.2) is 4.79 Å². The van der Waals surface area contributed by atoms with Gasteiger partial charge in [0.2, 0.25) is 0 Å². The van der Waals surface area contributed by atoms with Crippen molar-refractivity contribution in [2.75, 3.05) is 26.4 Å². The molecule has 4 aromatic rings. The summed E-state index contributed by atoms with van der Waals surface area (Å²) in [6, 6.07) is 19.7. The van der Waals surface area contributed by atoms with Crippen LogP contribution in [-0.2, 0) is 24.6 Å². The average molecular weight is 480 g/mol. The van der Waals surface area contributed by atoms with Gasteiger partial charge in [0.05, 0.1) is 0 Å². The summed E-state index contributed by atoms with van der Waals surface area (Å²) < 4.78 is 23.1. The molecule has 1 N–H and O–H groups in total. The lowest BCUT2D eigenvalue weighted by Gasteiger charge is -2.28. The van der Waals surface area contributed by atoms with Crippen molar-refractivity contribution in [3.63, 3.8) is 0 Å². The maximum absolute atomic E-state index is 12.4. The van der Waals surface area contributed by atoms with Crippen molar-refractivity contribution < 1.29 is 22.8 Å². The minimum atomic E-state index is -2.69. The fourth-order valence-electron chi connectivity index (χ4n) is 4.61. The third kappa shape index (κ3) is 5.18. The van der Waals surface area contributed by atoms with E-state index in [0.717, 1.165) is 10.9 Å². The first-order valence-electron chi connectivity index (χ1n) is 12.1. The van der Waals surface area contributed by atoms with Crippen molar-refractivity contribution in [1.29, 1.82) is 0 Å². The van der Waals surface area contributed by atoms with E-state index in [1.165, 1.54) is 26.9 Å². The fourth-order valence-corrected chi connectivity index (χ4v) is 7.22. The van der Waals surface area contributed by atoms with E-state index in [2.05, 4.69) is 53.8 Å². The topological polar surface area (TPSA) is 66.0 Å². The normalized spacial score (nSPS) is 12.1. The summed E-state index contributed by atoms with van der Waals surface area (Å²) in [5.41, 5.74) is 0.997. The predicted molar refractivity (Wildman–Crippen MR) is 138 cm³/mol. The Balaban J connectivity index is 1.37. The number of benzene rings is 4. The summed E-state index contributed by atoms with van der Waals surface area (Å²) >= 11 is 0. The molecule has 0 fully saturated rings. The molecule has 0 aliphatic heterocycles. The number of hydrogen-bond donors (Lipinski definition) is 1. The highest BCUT2D eigenvalue weighted by molar-refractivity contribution is 6.60. The summed E-state index contributed by atoms with van der Waals surface area (Å²) in [5, 5.41) is 10.1. The number of amides is 1. The number of nitrogens with one attached hydrogen (secondary N) is 1. The SMILES string of the molecule is CCO[Si](CCCNC(=O)OCc1ccc2ccc3cccc4ccc1c2c34)(OCC)OCC. The molecule has 0 saturated carbocycles. The van der Waals surface area contributed by atoms with Gasteiger partial charge in [0.1, 0.15) is 6.61 Å². The number of hydrogen-bond acceptors (Lipinski definition) is 5. The predicted octanol–water partition coefficient (Wildman–Crippen LogP) is 6.25. The van der Waals surface area contributed by atoms with Gasteiger partial charge in [-0.3, -0.25) is 0 Å². The molecule has 180 valence electrons. The average Bonchev–Trinajstić information content (AvgIpc) is 2.85. The zero-order chi connectivity index (χ0) is 24.0. The molecule has 0 aliphatic rings. The van der Waals surface area contributed by atoms with Gasteiger partial charge >= 0.3 is 14.9 Å². The second-order valence-corrected chi connectivity index (χ2v) is 10.9. The lowest BCUT2D eigenvalue weighted by Crippen LogP contribution is -2.46.